The highest BCUT2D eigenvalue weighted by Gasteiger charge is 2.24. The second kappa shape index (κ2) is 8.83. The summed E-state index contributed by atoms with van der Waals surface area (Å²) in [5, 5.41) is 12.3. The van der Waals surface area contributed by atoms with E-state index in [1.54, 1.807) is 30.6 Å². The Balaban J connectivity index is 1.49. The zero-order valence-corrected chi connectivity index (χ0v) is 15.9. The summed E-state index contributed by atoms with van der Waals surface area (Å²) >= 11 is 6.04. The Kier molecular flexibility index (Phi) is 6.25. The van der Waals surface area contributed by atoms with Gasteiger partial charge in [0.1, 0.15) is 11.8 Å². The third-order valence-electron chi connectivity index (χ3n) is 4.69. The summed E-state index contributed by atoms with van der Waals surface area (Å²) in [5.41, 5.74) is 1.44. The van der Waals surface area contributed by atoms with Crippen LogP contribution in [0.1, 0.15) is 54.4 Å². The van der Waals surface area contributed by atoms with Crippen LogP contribution in [0.5, 0.6) is 5.75 Å². The van der Waals surface area contributed by atoms with Crippen LogP contribution in [-0.4, -0.2) is 28.0 Å². The molecule has 0 spiro atoms. The van der Waals surface area contributed by atoms with Gasteiger partial charge in [0.15, 0.2) is 0 Å². The summed E-state index contributed by atoms with van der Waals surface area (Å²) in [5.74, 6) is 0.634. The molecule has 1 aromatic carbocycles. The molecule has 1 amide bonds. The first-order valence-corrected chi connectivity index (χ1v) is 9.45. The summed E-state index contributed by atoms with van der Waals surface area (Å²) in [6, 6.07) is 7.22. The van der Waals surface area contributed by atoms with Crippen molar-refractivity contribution in [2.24, 2.45) is 0 Å². The standard InChI is InChI=1S/C20H21ClN4O2/c1-2-13-11-23-19(24-12-13)20(26)25-15-4-7-16(8-5-15)27-17-6-3-14(10-22)18(21)9-17/h3,6,9,11-12,15-16H,2,4-5,7-8H2,1H3,(H,25,26)/t15-,16-. The molecule has 1 N–H and O–H groups in total. The lowest BCUT2D eigenvalue weighted by atomic mass is 9.93. The van der Waals surface area contributed by atoms with Crippen LogP contribution in [0.3, 0.4) is 0 Å². The van der Waals surface area contributed by atoms with Crippen molar-refractivity contribution in [3.05, 3.63) is 52.6 Å². The van der Waals surface area contributed by atoms with E-state index in [9.17, 15) is 4.79 Å². The second-order valence-corrected chi connectivity index (χ2v) is 6.99. The molecular weight excluding hydrogens is 364 g/mol. The van der Waals surface area contributed by atoms with E-state index in [1.165, 1.54) is 0 Å². The number of benzene rings is 1. The van der Waals surface area contributed by atoms with E-state index in [1.807, 2.05) is 13.0 Å². The fourth-order valence-corrected chi connectivity index (χ4v) is 3.29. The largest absolute Gasteiger partial charge is 0.490 e. The number of nitrogens with zero attached hydrogens (tertiary/aromatic N) is 3. The van der Waals surface area contributed by atoms with E-state index >= 15 is 0 Å². The number of hydrogen-bond acceptors (Lipinski definition) is 5. The van der Waals surface area contributed by atoms with Gasteiger partial charge in [0.2, 0.25) is 5.82 Å². The van der Waals surface area contributed by atoms with Gasteiger partial charge in [-0.1, -0.05) is 18.5 Å². The highest BCUT2D eigenvalue weighted by molar-refractivity contribution is 6.31. The lowest BCUT2D eigenvalue weighted by Gasteiger charge is -2.29. The molecule has 1 fully saturated rings. The molecule has 1 aliphatic rings. The van der Waals surface area contributed by atoms with Crippen LogP contribution in [0.25, 0.3) is 0 Å². The number of aromatic nitrogens is 2. The van der Waals surface area contributed by atoms with Crippen LogP contribution in [0.2, 0.25) is 5.02 Å². The van der Waals surface area contributed by atoms with Gasteiger partial charge in [0, 0.05) is 24.5 Å². The molecule has 1 aromatic heterocycles. The molecule has 6 nitrogen and oxygen atoms in total. The first-order chi connectivity index (χ1) is 13.1. The van der Waals surface area contributed by atoms with E-state index in [4.69, 9.17) is 21.6 Å². The normalized spacial score (nSPS) is 19.1. The molecule has 1 saturated carbocycles. The lowest BCUT2D eigenvalue weighted by molar-refractivity contribution is 0.0883. The van der Waals surface area contributed by atoms with Gasteiger partial charge in [0.25, 0.3) is 5.91 Å². The fourth-order valence-electron chi connectivity index (χ4n) is 3.08. The van der Waals surface area contributed by atoms with Crippen molar-refractivity contribution < 1.29 is 9.53 Å². The molecule has 3 rings (SSSR count). The van der Waals surface area contributed by atoms with E-state index in [2.05, 4.69) is 15.3 Å². The van der Waals surface area contributed by atoms with Crippen molar-refractivity contribution in [2.75, 3.05) is 0 Å². The van der Waals surface area contributed by atoms with Crippen molar-refractivity contribution in [1.82, 2.24) is 15.3 Å². The Hall–Kier alpha value is -2.65. The first-order valence-electron chi connectivity index (χ1n) is 9.07. The van der Waals surface area contributed by atoms with Crippen molar-refractivity contribution in [3.8, 4) is 11.8 Å². The number of aryl methyl sites for hydroxylation is 1. The number of nitriles is 1. The third-order valence-corrected chi connectivity index (χ3v) is 5.00. The molecule has 0 bridgehead atoms. The van der Waals surface area contributed by atoms with Gasteiger partial charge in [-0.15, -0.1) is 0 Å². The predicted molar refractivity (Wildman–Crippen MR) is 102 cm³/mol. The smallest absolute Gasteiger partial charge is 0.289 e. The SMILES string of the molecule is CCc1cnc(C(=O)N[C@H]2CC[C@H](Oc3ccc(C#N)c(Cl)c3)CC2)nc1. The zero-order chi connectivity index (χ0) is 19.2. The first kappa shape index (κ1) is 19.1. The summed E-state index contributed by atoms with van der Waals surface area (Å²) < 4.78 is 5.97. The Labute approximate surface area is 163 Å². The van der Waals surface area contributed by atoms with Gasteiger partial charge in [-0.2, -0.15) is 5.26 Å². The zero-order valence-electron chi connectivity index (χ0n) is 15.1. The molecule has 0 atom stereocenters. The molecule has 27 heavy (non-hydrogen) atoms. The molecule has 0 radical (unpaired) electrons. The van der Waals surface area contributed by atoms with Gasteiger partial charge in [-0.3, -0.25) is 4.79 Å². The third kappa shape index (κ3) is 4.95. The van der Waals surface area contributed by atoms with Crippen LogP contribution < -0.4 is 10.1 Å². The number of hydrogen-bond donors (Lipinski definition) is 1. The summed E-state index contributed by atoms with van der Waals surface area (Å²) in [4.78, 5) is 20.5. The highest BCUT2D eigenvalue weighted by Crippen LogP contribution is 2.27. The van der Waals surface area contributed by atoms with Crippen LogP contribution in [0.15, 0.2) is 30.6 Å². The minimum absolute atomic E-state index is 0.0715. The van der Waals surface area contributed by atoms with E-state index in [-0.39, 0.29) is 23.9 Å². The maximum absolute atomic E-state index is 12.3. The molecule has 2 aromatic rings. The summed E-state index contributed by atoms with van der Waals surface area (Å²) in [6.07, 6.45) is 7.61. The number of carbonyl (C=O) groups excluding carboxylic acids is 1. The minimum Gasteiger partial charge on any atom is -0.490 e. The van der Waals surface area contributed by atoms with Crippen LogP contribution in [0.4, 0.5) is 0 Å². The lowest BCUT2D eigenvalue weighted by Crippen LogP contribution is -2.40. The number of ether oxygens (including phenoxy) is 1. The molecule has 1 aliphatic carbocycles. The van der Waals surface area contributed by atoms with Gasteiger partial charge in [-0.25, -0.2) is 9.97 Å². The Morgan fingerprint density at radius 3 is 2.59 bits per heavy atom. The average molecular weight is 385 g/mol. The second-order valence-electron chi connectivity index (χ2n) is 6.59. The van der Waals surface area contributed by atoms with Crippen molar-refractivity contribution in [1.29, 1.82) is 5.26 Å². The molecule has 0 unspecified atom stereocenters. The van der Waals surface area contributed by atoms with E-state index in [0.717, 1.165) is 37.7 Å². The Bertz CT molecular complexity index is 840. The molecule has 140 valence electrons. The maximum Gasteiger partial charge on any atom is 0.289 e. The molecule has 1 heterocycles. The Morgan fingerprint density at radius 2 is 2.00 bits per heavy atom. The summed E-state index contributed by atoms with van der Waals surface area (Å²) in [7, 11) is 0. The quantitative estimate of drug-likeness (QED) is 0.849. The van der Waals surface area contributed by atoms with Gasteiger partial charge in [0.05, 0.1) is 16.7 Å². The summed E-state index contributed by atoms with van der Waals surface area (Å²) in [6.45, 7) is 2.02. The van der Waals surface area contributed by atoms with Gasteiger partial charge in [-0.05, 0) is 49.8 Å². The molecular formula is C20H21ClN4O2. The number of rotatable bonds is 5. The number of nitrogens with one attached hydrogen (secondary N) is 1. The van der Waals surface area contributed by atoms with Crippen molar-refractivity contribution >= 4 is 17.5 Å². The van der Waals surface area contributed by atoms with E-state index < -0.39 is 0 Å². The van der Waals surface area contributed by atoms with E-state index in [0.29, 0.717) is 16.3 Å². The topological polar surface area (TPSA) is 87.9 Å². The molecule has 0 saturated heterocycles. The average Bonchev–Trinajstić information content (AvgIpc) is 2.69. The van der Waals surface area contributed by atoms with Gasteiger partial charge < -0.3 is 10.1 Å². The number of amides is 1. The monoisotopic (exact) mass is 384 g/mol. The van der Waals surface area contributed by atoms with Crippen molar-refractivity contribution in [3.63, 3.8) is 0 Å². The fraction of sp³-hybridized carbons (Fsp3) is 0.400. The number of halogens is 1. The Morgan fingerprint density at radius 1 is 1.30 bits per heavy atom. The van der Waals surface area contributed by atoms with Crippen molar-refractivity contribution in [2.45, 2.75) is 51.2 Å². The highest BCUT2D eigenvalue weighted by atomic mass is 35.5. The predicted octanol–water partition coefficient (Wildman–Crippen LogP) is 3.68. The molecule has 0 aliphatic heterocycles. The minimum atomic E-state index is -0.235. The molecule has 7 heteroatoms. The maximum atomic E-state index is 12.3. The van der Waals surface area contributed by atoms with Crippen LogP contribution in [0, 0.1) is 11.3 Å². The van der Waals surface area contributed by atoms with Crippen LogP contribution >= 0.6 is 11.6 Å². The van der Waals surface area contributed by atoms with Crippen LogP contribution in [-0.2, 0) is 6.42 Å². The number of carbonyl (C=O) groups is 1. The van der Waals surface area contributed by atoms with Gasteiger partial charge >= 0.3 is 0 Å².